The van der Waals surface area contributed by atoms with Gasteiger partial charge in [0, 0.05) is 7.05 Å². The molecule has 0 aliphatic carbocycles. The zero-order valence-corrected chi connectivity index (χ0v) is 7.99. The van der Waals surface area contributed by atoms with Crippen molar-refractivity contribution in [3.63, 3.8) is 0 Å². The molecule has 0 aromatic carbocycles. The molecular formula is C7H10N2O2S. The lowest BCUT2D eigenvalue weighted by Gasteiger charge is -2.04. The maximum atomic E-state index is 10.9. The highest BCUT2D eigenvalue weighted by atomic mass is 32.2. The van der Waals surface area contributed by atoms with E-state index in [9.17, 15) is 4.79 Å². The molecule has 0 spiro atoms. The van der Waals surface area contributed by atoms with Gasteiger partial charge in [-0.1, -0.05) is 0 Å². The van der Waals surface area contributed by atoms with Crippen LogP contribution in [0.4, 0.5) is 0 Å². The number of carbonyl (C=O) groups is 1. The Morgan fingerprint density at radius 3 is 2.50 bits per heavy atom. The zero-order valence-electron chi connectivity index (χ0n) is 7.17. The molecule has 0 aliphatic heterocycles. The van der Waals surface area contributed by atoms with Gasteiger partial charge in [0.2, 0.25) is 0 Å². The molecule has 0 radical (unpaired) electrons. The minimum absolute atomic E-state index is 0.00694. The molecule has 0 saturated heterocycles. The van der Waals surface area contributed by atoms with Crippen molar-refractivity contribution in [1.82, 2.24) is 5.32 Å². The van der Waals surface area contributed by atoms with E-state index in [1.54, 1.807) is 19.4 Å². The fourth-order valence-electron chi connectivity index (χ4n) is 0.620. The number of ether oxygens (including phenoxy) is 1. The Kier molecular flexibility index (Phi) is 4.97. The van der Waals surface area contributed by atoms with E-state index in [0.29, 0.717) is 5.03 Å². The SMILES string of the molecule is CN/C(SC)=C(\C#N)C(=O)OC. The summed E-state index contributed by atoms with van der Waals surface area (Å²) in [6.45, 7) is 0. The van der Waals surface area contributed by atoms with Crippen LogP contribution in [0.2, 0.25) is 0 Å². The molecule has 66 valence electrons. The quantitative estimate of drug-likeness (QED) is 0.394. The molecule has 0 saturated carbocycles. The zero-order chi connectivity index (χ0) is 9.56. The Hall–Kier alpha value is -1.15. The van der Waals surface area contributed by atoms with Gasteiger partial charge in [0.15, 0.2) is 5.57 Å². The molecule has 0 amide bonds. The van der Waals surface area contributed by atoms with Gasteiger partial charge in [0.25, 0.3) is 0 Å². The number of hydrogen-bond acceptors (Lipinski definition) is 5. The van der Waals surface area contributed by atoms with Crippen molar-refractivity contribution in [2.75, 3.05) is 20.4 Å². The lowest BCUT2D eigenvalue weighted by Crippen LogP contribution is -2.12. The predicted octanol–water partition coefficient (Wildman–Crippen LogP) is 0.477. The highest BCUT2D eigenvalue weighted by Gasteiger charge is 2.13. The lowest BCUT2D eigenvalue weighted by molar-refractivity contribution is -0.135. The number of nitrogens with zero attached hydrogens (tertiary/aromatic N) is 1. The smallest absolute Gasteiger partial charge is 0.351 e. The molecule has 0 fully saturated rings. The molecule has 0 rings (SSSR count). The Morgan fingerprint density at radius 1 is 1.67 bits per heavy atom. The topological polar surface area (TPSA) is 62.1 Å². The largest absolute Gasteiger partial charge is 0.465 e. The van der Waals surface area contributed by atoms with E-state index in [1.807, 2.05) is 0 Å². The van der Waals surface area contributed by atoms with Crippen LogP contribution in [0.3, 0.4) is 0 Å². The van der Waals surface area contributed by atoms with E-state index in [-0.39, 0.29) is 5.57 Å². The van der Waals surface area contributed by atoms with E-state index in [1.165, 1.54) is 18.9 Å². The maximum Gasteiger partial charge on any atom is 0.351 e. The van der Waals surface area contributed by atoms with Crippen LogP contribution in [0, 0.1) is 11.3 Å². The van der Waals surface area contributed by atoms with E-state index in [4.69, 9.17) is 5.26 Å². The van der Waals surface area contributed by atoms with Crippen molar-refractivity contribution < 1.29 is 9.53 Å². The van der Waals surface area contributed by atoms with Gasteiger partial charge in [-0.25, -0.2) is 4.79 Å². The molecule has 5 heteroatoms. The first-order valence-corrected chi connectivity index (χ1v) is 4.38. The van der Waals surface area contributed by atoms with E-state index < -0.39 is 5.97 Å². The molecule has 0 aromatic heterocycles. The van der Waals surface area contributed by atoms with E-state index in [2.05, 4.69) is 10.1 Å². The molecule has 0 heterocycles. The minimum atomic E-state index is -0.615. The van der Waals surface area contributed by atoms with Gasteiger partial charge in [-0.05, 0) is 6.26 Å². The first-order valence-electron chi connectivity index (χ1n) is 3.15. The normalized spacial score (nSPS) is 11.2. The number of methoxy groups -OCH3 is 1. The summed E-state index contributed by atoms with van der Waals surface area (Å²) in [6, 6.07) is 1.78. The summed E-state index contributed by atoms with van der Waals surface area (Å²) < 4.78 is 4.42. The van der Waals surface area contributed by atoms with Gasteiger partial charge in [0.05, 0.1) is 12.1 Å². The highest BCUT2D eigenvalue weighted by molar-refractivity contribution is 8.02. The molecule has 12 heavy (non-hydrogen) atoms. The Balaban J connectivity index is 4.85. The number of carbonyl (C=O) groups excluding carboxylic acids is 1. The third-order valence-electron chi connectivity index (χ3n) is 1.16. The van der Waals surface area contributed by atoms with Crippen LogP contribution < -0.4 is 5.32 Å². The number of nitrogens with one attached hydrogen (secondary N) is 1. The fourth-order valence-corrected chi connectivity index (χ4v) is 1.16. The van der Waals surface area contributed by atoms with Crippen LogP contribution in [0.5, 0.6) is 0 Å². The number of nitriles is 1. The number of hydrogen-bond donors (Lipinski definition) is 1. The third-order valence-corrected chi connectivity index (χ3v) is 1.98. The molecular weight excluding hydrogens is 176 g/mol. The fraction of sp³-hybridized carbons (Fsp3) is 0.429. The minimum Gasteiger partial charge on any atom is -0.465 e. The van der Waals surface area contributed by atoms with Crippen molar-refractivity contribution in [1.29, 1.82) is 5.26 Å². The van der Waals surface area contributed by atoms with Crippen LogP contribution in [0.1, 0.15) is 0 Å². The van der Waals surface area contributed by atoms with Gasteiger partial charge in [0.1, 0.15) is 6.07 Å². The third kappa shape index (κ3) is 2.47. The first kappa shape index (κ1) is 10.8. The maximum absolute atomic E-state index is 10.9. The second-order valence-corrected chi connectivity index (χ2v) is 2.58. The molecule has 0 atom stereocenters. The van der Waals surface area contributed by atoms with Crippen molar-refractivity contribution >= 4 is 17.7 Å². The Labute approximate surface area is 75.6 Å². The highest BCUT2D eigenvalue weighted by Crippen LogP contribution is 2.13. The number of rotatable bonds is 3. The van der Waals surface area contributed by atoms with Crippen LogP contribution in [0.15, 0.2) is 10.6 Å². The first-order chi connectivity index (χ1) is 5.71. The monoisotopic (exact) mass is 186 g/mol. The summed E-state index contributed by atoms with van der Waals surface area (Å²) in [7, 11) is 2.89. The lowest BCUT2D eigenvalue weighted by atomic mass is 10.3. The summed E-state index contributed by atoms with van der Waals surface area (Å²) in [4.78, 5) is 10.9. The van der Waals surface area contributed by atoms with Crippen LogP contribution in [-0.2, 0) is 9.53 Å². The van der Waals surface area contributed by atoms with Crippen LogP contribution in [0.25, 0.3) is 0 Å². The molecule has 0 bridgehead atoms. The van der Waals surface area contributed by atoms with Gasteiger partial charge >= 0.3 is 5.97 Å². The number of thioether (sulfide) groups is 1. The molecule has 0 unspecified atom stereocenters. The average molecular weight is 186 g/mol. The van der Waals surface area contributed by atoms with Crippen LogP contribution in [-0.4, -0.2) is 26.4 Å². The average Bonchev–Trinajstić information content (AvgIpc) is 2.12. The van der Waals surface area contributed by atoms with Crippen molar-refractivity contribution in [2.45, 2.75) is 0 Å². The standard InChI is InChI=1S/C7H10N2O2S/c1-9-6(12-3)5(4-8)7(10)11-2/h9H,1-3H3/b6-5-. The molecule has 1 N–H and O–H groups in total. The number of esters is 1. The van der Waals surface area contributed by atoms with Crippen LogP contribution >= 0.6 is 11.8 Å². The van der Waals surface area contributed by atoms with E-state index >= 15 is 0 Å². The summed E-state index contributed by atoms with van der Waals surface area (Å²) >= 11 is 1.29. The Bertz CT molecular complexity index is 236. The molecule has 0 aromatic rings. The van der Waals surface area contributed by atoms with Gasteiger partial charge < -0.3 is 10.1 Å². The van der Waals surface area contributed by atoms with E-state index in [0.717, 1.165) is 0 Å². The van der Waals surface area contributed by atoms with Crippen molar-refractivity contribution in [3.8, 4) is 6.07 Å². The second-order valence-electron chi connectivity index (χ2n) is 1.76. The summed E-state index contributed by atoms with van der Waals surface area (Å²) in [5, 5.41) is 11.9. The van der Waals surface area contributed by atoms with Gasteiger partial charge in [-0.2, -0.15) is 5.26 Å². The summed E-state index contributed by atoms with van der Waals surface area (Å²) in [6.07, 6.45) is 1.77. The summed E-state index contributed by atoms with van der Waals surface area (Å²) in [5.74, 6) is -0.615. The Morgan fingerprint density at radius 2 is 2.25 bits per heavy atom. The predicted molar refractivity (Wildman–Crippen MR) is 47.2 cm³/mol. The van der Waals surface area contributed by atoms with Gasteiger partial charge in [-0.15, -0.1) is 11.8 Å². The summed E-state index contributed by atoms with van der Waals surface area (Å²) in [5.41, 5.74) is 0.00694. The van der Waals surface area contributed by atoms with Gasteiger partial charge in [-0.3, -0.25) is 0 Å². The molecule has 0 aliphatic rings. The second kappa shape index (κ2) is 5.49. The van der Waals surface area contributed by atoms with Crippen molar-refractivity contribution in [2.24, 2.45) is 0 Å². The van der Waals surface area contributed by atoms with Crippen molar-refractivity contribution in [3.05, 3.63) is 10.6 Å². The molecule has 4 nitrogen and oxygen atoms in total.